The summed E-state index contributed by atoms with van der Waals surface area (Å²) in [6.45, 7) is 1.64. The first kappa shape index (κ1) is 19.7. The maximum absolute atomic E-state index is 13.4. The molecule has 1 aromatic carbocycles. The summed E-state index contributed by atoms with van der Waals surface area (Å²) in [6, 6.07) is 9.42. The van der Waals surface area contributed by atoms with E-state index in [-0.39, 0.29) is 22.9 Å². The van der Waals surface area contributed by atoms with E-state index in [1.54, 1.807) is 31.2 Å². The lowest BCUT2D eigenvalue weighted by atomic mass is 10.2. The van der Waals surface area contributed by atoms with Crippen LogP contribution in [0, 0.1) is 6.92 Å². The minimum Gasteiger partial charge on any atom is -0.481 e. The Morgan fingerprint density at radius 3 is 2.67 bits per heavy atom. The Kier molecular flexibility index (Phi) is 5.46. The lowest BCUT2D eigenvalue weighted by Gasteiger charge is -2.14. The smallest absolute Gasteiger partial charge is 0.303 e. The molecule has 0 saturated carbocycles. The molecule has 0 unspecified atom stereocenters. The van der Waals surface area contributed by atoms with Crippen LogP contribution in [0.15, 0.2) is 41.3 Å². The van der Waals surface area contributed by atoms with Crippen LogP contribution in [0.2, 0.25) is 10.2 Å². The normalized spacial score (nSPS) is 11.8. The fourth-order valence-electron chi connectivity index (χ4n) is 2.94. The third-order valence-electron chi connectivity index (χ3n) is 4.21. The van der Waals surface area contributed by atoms with E-state index in [2.05, 4.69) is 4.98 Å². The number of fused-ring (bicyclic) bond motifs is 1. The maximum atomic E-state index is 13.4. The minimum absolute atomic E-state index is 0.0635. The SMILES string of the molecule is Cc1c(Cl)cccc1S(=O)(=O)n1c(CCCC(=O)O)cc2nc(Cl)ccc21. The van der Waals surface area contributed by atoms with Gasteiger partial charge >= 0.3 is 5.97 Å². The Hall–Kier alpha value is -2.09. The summed E-state index contributed by atoms with van der Waals surface area (Å²) in [5, 5.41) is 9.46. The molecule has 3 aromatic rings. The number of carbonyl (C=O) groups is 1. The van der Waals surface area contributed by atoms with Gasteiger partial charge in [-0.1, -0.05) is 29.3 Å². The summed E-state index contributed by atoms with van der Waals surface area (Å²) >= 11 is 12.0. The van der Waals surface area contributed by atoms with Crippen molar-refractivity contribution < 1.29 is 18.3 Å². The van der Waals surface area contributed by atoms with E-state index in [4.69, 9.17) is 28.3 Å². The molecule has 0 amide bonds. The fraction of sp³-hybridized carbons (Fsp3) is 0.222. The van der Waals surface area contributed by atoms with Crippen LogP contribution in [-0.4, -0.2) is 28.5 Å². The molecular formula is C18H16Cl2N2O4S. The third-order valence-corrected chi connectivity index (χ3v) is 6.74. The summed E-state index contributed by atoms with van der Waals surface area (Å²) in [7, 11) is -3.97. The van der Waals surface area contributed by atoms with Gasteiger partial charge < -0.3 is 5.11 Å². The molecule has 6 nitrogen and oxygen atoms in total. The number of pyridine rings is 1. The summed E-state index contributed by atoms with van der Waals surface area (Å²) in [5.74, 6) is -0.938. The monoisotopic (exact) mass is 426 g/mol. The van der Waals surface area contributed by atoms with Crippen molar-refractivity contribution in [1.29, 1.82) is 0 Å². The average molecular weight is 427 g/mol. The second-order valence-electron chi connectivity index (χ2n) is 6.05. The number of carboxylic acid groups (broad SMARTS) is 1. The average Bonchev–Trinajstić information content (AvgIpc) is 2.94. The van der Waals surface area contributed by atoms with Crippen molar-refractivity contribution >= 4 is 50.2 Å². The Morgan fingerprint density at radius 2 is 1.96 bits per heavy atom. The number of benzene rings is 1. The van der Waals surface area contributed by atoms with Crippen LogP contribution in [0.4, 0.5) is 0 Å². The van der Waals surface area contributed by atoms with E-state index in [0.717, 1.165) is 0 Å². The van der Waals surface area contributed by atoms with Crippen LogP contribution in [0.3, 0.4) is 0 Å². The molecule has 27 heavy (non-hydrogen) atoms. The first-order chi connectivity index (χ1) is 12.7. The van der Waals surface area contributed by atoms with Crippen molar-refractivity contribution in [2.75, 3.05) is 0 Å². The molecule has 142 valence electrons. The van der Waals surface area contributed by atoms with E-state index in [9.17, 15) is 13.2 Å². The zero-order chi connectivity index (χ0) is 19.8. The molecule has 0 aliphatic carbocycles. The lowest BCUT2D eigenvalue weighted by Crippen LogP contribution is -2.17. The largest absolute Gasteiger partial charge is 0.481 e. The third kappa shape index (κ3) is 3.81. The predicted molar refractivity (Wildman–Crippen MR) is 104 cm³/mol. The molecule has 3 rings (SSSR count). The molecule has 0 saturated heterocycles. The molecule has 0 fully saturated rings. The number of aromatic nitrogens is 2. The summed E-state index contributed by atoms with van der Waals surface area (Å²) in [6.07, 6.45) is 0.495. The fourth-order valence-corrected chi connectivity index (χ4v) is 5.13. The highest BCUT2D eigenvalue weighted by atomic mass is 35.5. The second kappa shape index (κ2) is 7.50. The molecular weight excluding hydrogens is 411 g/mol. The van der Waals surface area contributed by atoms with Crippen LogP contribution in [0.5, 0.6) is 0 Å². The number of rotatable bonds is 6. The maximum Gasteiger partial charge on any atom is 0.303 e. The van der Waals surface area contributed by atoms with Crippen LogP contribution in [0.25, 0.3) is 11.0 Å². The van der Waals surface area contributed by atoms with Crippen molar-refractivity contribution in [2.45, 2.75) is 31.1 Å². The summed E-state index contributed by atoms with van der Waals surface area (Å²) in [5.41, 5.74) is 1.69. The number of aryl methyl sites for hydroxylation is 1. The molecule has 9 heteroatoms. The minimum atomic E-state index is -3.97. The first-order valence-corrected chi connectivity index (χ1v) is 10.3. The number of carboxylic acids is 1. The lowest BCUT2D eigenvalue weighted by molar-refractivity contribution is -0.137. The molecule has 0 spiro atoms. The zero-order valence-electron chi connectivity index (χ0n) is 14.3. The van der Waals surface area contributed by atoms with Crippen LogP contribution in [-0.2, 0) is 21.2 Å². The van der Waals surface area contributed by atoms with Gasteiger partial charge in [-0.05, 0) is 55.7 Å². The van der Waals surface area contributed by atoms with Gasteiger partial charge in [0.25, 0.3) is 10.0 Å². The molecule has 2 aromatic heterocycles. The van der Waals surface area contributed by atoms with Gasteiger partial charge in [0.1, 0.15) is 5.15 Å². The quantitative estimate of drug-likeness (QED) is 0.593. The topological polar surface area (TPSA) is 89.3 Å². The Labute approximate surface area is 166 Å². The molecule has 2 heterocycles. The molecule has 1 N–H and O–H groups in total. The van der Waals surface area contributed by atoms with Gasteiger partial charge in [-0.3, -0.25) is 4.79 Å². The standard InChI is InChI=1S/C18H16Cl2N2O4S/c1-11-13(19)5-3-6-16(11)27(25,26)22-12(4-2-7-18(23)24)10-14-15(22)8-9-17(20)21-14/h3,5-6,8-10H,2,4,7H2,1H3,(H,23,24). The number of hydrogen-bond acceptors (Lipinski definition) is 4. The van der Waals surface area contributed by atoms with Gasteiger partial charge in [0, 0.05) is 17.1 Å². The van der Waals surface area contributed by atoms with Gasteiger partial charge in [0.15, 0.2) is 0 Å². The van der Waals surface area contributed by atoms with Gasteiger partial charge in [0.05, 0.1) is 15.9 Å². The Bertz CT molecular complexity index is 1140. The van der Waals surface area contributed by atoms with Crippen molar-refractivity contribution in [3.8, 4) is 0 Å². The molecule has 0 bridgehead atoms. The first-order valence-electron chi connectivity index (χ1n) is 8.11. The highest BCUT2D eigenvalue weighted by molar-refractivity contribution is 7.90. The van der Waals surface area contributed by atoms with Crippen LogP contribution in [0.1, 0.15) is 24.1 Å². The molecule has 0 atom stereocenters. The Balaban J connectivity index is 2.21. The van der Waals surface area contributed by atoms with Gasteiger partial charge in [-0.2, -0.15) is 0 Å². The van der Waals surface area contributed by atoms with E-state index in [0.29, 0.717) is 33.7 Å². The van der Waals surface area contributed by atoms with Crippen molar-refractivity contribution in [2.24, 2.45) is 0 Å². The Morgan fingerprint density at radius 1 is 1.22 bits per heavy atom. The van der Waals surface area contributed by atoms with Crippen LogP contribution < -0.4 is 0 Å². The van der Waals surface area contributed by atoms with E-state index >= 15 is 0 Å². The summed E-state index contributed by atoms with van der Waals surface area (Å²) in [4.78, 5) is 15.1. The number of aliphatic carboxylic acids is 1. The molecule has 0 aliphatic rings. The number of halogens is 2. The van der Waals surface area contributed by atoms with E-state index < -0.39 is 16.0 Å². The molecule has 0 aliphatic heterocycles. The van der Waals surface area contributed by atoms with Crippen molar-refractivity contribution in [3.63, 3.8) is 0 Å². The number of hydrogen-bond donors (Lipinski definition) is 1. The highest BCUT2D eigenvalue weighted by Crippen LogP contribution is 2.30. The van der Waals surface area contributed by atoms with Gasteiger partial charge in [-0.15, -0.1) is 0 Å². The van der Waals surface area contributed by atoms with Gasteiger partial charge in [0.2, 0.25) is 0 Å². The van der Waals surface area contributed by atoms with Crippen molar-refractivity contribution in [3.05, 3.63) is 57.8 Å². The van der Waals surface area contributed by atoms with Crippen molar-refractivity contribution in [1.82, 2.24) is 8.96 Å². The number of nitrogens with zero attached hydrogens (tertiary/aromatic N) is 2. The zero-order valence-corrected chi connectivity index (χ0v) is 16.6. The van der Waals surface area contributed by atoms with Gasteiger partial charge in [-0.25, -0.2) is 17.4 Å². The summed E-state index contributed by atoms with van der Waals surface area (Å²) < 4.78 is 28.0. The highest BCUT2D eigenvalue weighted by Gasteiger charge is 2.26. The van der Waals surface area contributed by atoms with E-state index in [1.807, 2.05) is 0 Å². The molecule has 0 radical (unpaired) electrons. The predicted octanol–water partition coefficient (Wildman–Crippen LogP) is 4.30. The van der Waals surface area contributed by atoms with E-state index in [1.165, 1.54) is 16.1 Å². The van der Waals surface area contributed by atoms with Crippen LogP contribution >= 0.6 is 23.2 Å². The second-order valence-corrected chi connectivity index (χ2v) is 8.60.